The molecular formula is C22H27N3O4S. The van der Waals surface area contributed by atoms with Crippen molar-refractivity contribution in [2.24, 2.45) is 0 Å². The van der Waals surface area contributed by atoms with Crippen LogP contribution in [0.15, 0.2) is 59.5 Å². The predicted octanol–water partition coefficient (Wildman–Crippen LogP) is 2.00. The number of carbonyl (C=O) groups is 2. The summed E-state index contributed by atoms with van der Waals surface area (Å²) in [6.07, 6.45) is 4.47. The summed E-state index contributed by atoms with van der Waals surface area (Å²) in [4.78, 5) is 24.1. The number of benzene rings is 2. The number of sulfonamides is 1. The first-order valence-corrected chi connectivity index (χ1v) is 11.6. The van der Waals surface area contributed by atoms with Crippen molar-refractivity contribution in [2.45, 2.75) is 43.0 Å². The fourth-order valence-electron chi connectivity index (χ4n) is 3.43. The third-order valence-corrected chi connectivity index (χ3v) is 6.63. The Hall–Kier alpha value is -2.71. The molecule has 1 saturated carbocycles. The third kappa shape index (κ3) is 6.40. The highest BCUT2D eigenvalue weighted by Crippen LogP contribution is 2.20. The number of hydrogen-bond acceptors (Lipinski definition) is 4. The van der Waals surface area contributed by atoms with Crippen LogP contribution in [0.4, 0.5) is 0 Å². The Balaban J connectivity index is 1.40. The third-order valence-electron chi connectivity index (χ3n) is 5.09. The molecule has 0 atom stereocenters. The van der Waals surface area contributed by atoms with Gasteiger partial charge < -0.3 is 10.6 Å². The molecule has 1 fully saturated rings. The Morgan fingerprint density at radius 1 is 0.900 bits per heavy atom. The zero-order valence-corrected chi connectivity index (χ0v) is 17.6. The van der Waals surface area contributed by atoms with Crippen LogP contribution in [0.3, 0.4) is 0 Å². The van der Waals surface area contributed by atoms with E-state index in [9.17, 15) is 18.0 Å². The highest BCUT2D eigenvalue weighted by Gasteiger charge is 2.22. The van der Waals surface area contributed by atoms with Crippen LogP contribution >= 0.6 is 0 Å². The van der Waals surface area contributed by atoms with Gasteiger partial charge in [-0.15, -0.1) is 0 Å². The van der Waals surface area contributed by atoms with Crippen molar-refractivity contribution >= 4 is 21.8 Å². The Bertz CT molecular complexity index is 954. The molecule has 0 unspecified atom stereocenters. The molecular weight excluding hydrogens is 402 g/mol. The van der Waals surface area contributed by atoms with Gasteiger partial charge in [-0.2, -0.15) is 0 Å². The van der Waals surface area contributed by atoms with Gasteiger partial charge in [0.15, 0.2) is 0 Å². The second-order valence-electron chi connectivity index (χ2n) is 7.40. The molecule has 2 aromatic rings. The summed E-state index contributed by atoms with van der Waals surface area (Å²) in [6, 6.07) is 15.4. The summed E-state index contributed by atoms with van der Waals surface area (Å²) in [5, 5.41) is 5.32. The Labute approximate surface area is 177 Å². The van der Waals surface area contributed by atoms with Crippen LogP contribution in [-0.2, 0) is 21.2 Å². The van der Waals surface area contributed by atoms with Crippen LogP contribution in [0.1, 0.15) is 41.6 Å². The van der Waals surface area contributed by atoms with Crippen molar-refractivity contribution in [3.05, 3.63) is 65.7 Å². The van der Waals surface area contributed by atoms with E-state index in [2.05, 4.69) is 15.4 Å². The van der Waals surface area contributed by atoms with E-state index in [0.717, 1.165) is 31.2 Å². The molecule has 160 valence electrons. The van der Waals surface area contributed by atoms with Crippen molar-refractivity contribution in [1.29, 1.82) is 0 Å². The standard InChI is InChI=1S/C22H27N3O4S/c26-21(16-24-22(27)18-6-2-1-3-7-18)23-15-14-17-10-12-20(13-11-17)30(28,29)25-19-8-4-5-9-19/h1-3,6-7,10-13,19,25H,4-5,8-9,14-16H2,(H,23,26)(H,24,27). The first kappa shape index (κ1) is 22.0. The van der Waals surface area contributed by atoms with Gasteiger partial charge in [-0.1, -0.05) is 43.2 Å². The molecule has 0 heterocycles. The highest BCUT2D eigenvalue weighted by molar-refractivity contribution is 7.89. The summed E-state index contributed by atoms with van der Waals surface area (Å²) in [5.74, 6) is -0.576. The van der Waals surface area contributed by atoms with Gasteiger partial charge in [0.25, 0.3) is 5.91 Å². The first-order valence-electron chi connectivity index (χ1n) is 10.2. The quantitative estimate of drug-likeness (QED) is 0.567. The highest BCUT2D eigenvalue weighted by atomic mass is 32.2. The summed E-state index contributed by atoms with van der Waals surface area (Å²) >= 11 is 0. The lowest BCUT2D eigenvalue weighted by Crippen LogP contribution is -2.37. The van der Waals surface area contributed by atoms with Crippen LogP contribution in [0, 0.1) is 0 Å². The first-order chi connectivity index (χ1) is 14.4. The molecule has 3 N–H and O–H groups in total. The molecule has 0 spiro atoms. The maximum atomic E-state index is 12.4. The number of nitrogens with one attached hydrogen (secondary N) is 3. The predicted molar refractivity (Wildman–Crippen MR) is 115 cm³/mol. The lowest BCUT2D eigenvalue weighted by molar-refractivity contribution is -0.120. The topological polar surface area (TPSA) is 104 Å². The van der Waals surface area contributed by atoms with Crippen molar-refractivity contribution in [3.63, 3.8) is 0 Å². The summed E-state index contributed by atoms with van der Waals surface area (Å²) < 4.78 is 27.6. The van der Waals surface area contributed by atoms with Gasteiger partial charge in [-0.25, -0.2) is 13.1 Å². The fraction of sp³-hybridized carbons (Fsp3) is 0.364. The number of amides is 2. The molecule has 0 radical (unpaired) electrons. The van der Waals surface area contributed by atoms with Gasteiger partial charge in [0, 0.05) is 18.2 Å². The molecule has 2 aromatic carbocycles. The normalized spacial score (nSPS) is 14.4. The van der Waals surface area contributed by atoms with E-state index in [1.54, 1.807) is 48.5 Å². The molecule has 0 aliphatic heterocycles. The van der Waals surface area contributed by atoms with Crippen LogP contribution < -0.4 is 15.4 Å². The van der Waals surface area contributed by atoms with Crippen molar-refractivity contribution < 1.29 is 18.0 Å². The maximum absolute atomic E-state index is 12.4. The molecule has 1 aliphatic rings. The van der Waals surface area contributed by atoms with Gasteiger partial charge in [0.1, 0.15) is 0 Å². The summed E-state index contributed by atoms with van der Waals surface area (Å²) in [6.45, 7) is 0.296. The van der Waals surface area contributed by atoms with E-state index in [0.29, 0.717) is 18.5 Å². The molecule has 0 bridgehead atoms. The number of carbonyl (C=O) groups excluding carboxylic acids is 2. The maximum Gasteiger partial charge on any atom is 0.251 e. The average molecular weight is 430 g/mol. The van der Waals surface area contributed by atoms with Gasteiger partial charge in [0.05, 0.1) is 11.4 Å². The van der Waals surface area contributed by atoms with Crippen molar-refractivity contribution in [2.75, 3.05) is 13.1 Å². The minimum Gasteiger partial charge on any atom is -0.354 e. The van der Waals surface area contributed by atoms with E-state index < -0.39 is 10.0 Å². The zero-order chi connectivity index (χ0) is 21.4. The van der Waals surface area contributed by atoms with Crippen molar-refractivity contribution in [3.8, 4) is 0 Å². The number of rotatable bonds is 9. The van der Waals surface area contributed by atoms with E-state index in [1.165, 1.54) is 0 Å². The molecule has 1 aliphatic carbocycles. The van der Waals surface area contributed by atoms with E-state index in [4.69, 9.17) is 0 Å². The van der Waals surface area contributed by atoms with E-state index >= 15 is 0 Å². The van der Waals surface area contributed by atoms with Crippen LogP contribution in [0.2, 0.25) is 0 Å². The SMILES string of the molecule is O=C(CNC(=O)c1ccccc1)NCCc1ccc(S(=O)(=O)NC2CCCC2)cc1. The Morgan fingerprint density at radius 3 is 2.23 bits per heavy atom. The second-order valence-corrected chi connectivity index (χ2v) is 9.11. The summed E-state index contributed by atoms with van der Waals surface area (Å²) in [7, 11) is -3.49. The molecule has 0 aromatic heterocycles. The largest absolute Gasteiger partial charge is 0.354 e. The molecule has 2 amide bonds. The van der Waals surface area contributed by atoms with Gasteiger partial charge in [-0.05, 0) is 49.1 Å². The van der Waals surface area contributed by atoms with Crippen LogP contribution in [0.25, 0.3) is 0 Å². The molecule has 0 saturated heterocycles. The Morgan fingerprint density at radius 2 is 1.57 bits per heavy atom. The smallest absolute Gasteiger partial charge is 0.251 e. The van der Waals surface area contributed by atoms with Gasteiger partial charge in [-0.3, -0.25) is 9.59 Å². The lowest BCUT2D eigenvalue weighted by Gasteiger charge is -2.13. The monoisotopic (exact) mass is 429 g/mol. The molecule has 8 heteroatoms. The van der Waals surface area contributed by atoms with E-state index in [-0.39, 0.29) is 29.3 Å². The van der Waals surface area contributed by atoms with Gasteiger partial charge in [0.2, 0.25) is 15.9 Å². The summed E-state index contributed by atoms with van der Waals surface area (Å²) in [5.41, 5.74) is 1.42. The molecule has 30 heavy (non-hydrogen) atoms. The molecule has 7 nitrogen and oxygen atoms in total. The Kier molecular flexibility index (Phi) is 7.59. The zero-order valence-electron chi connectivity index (χ0n) is 16.8. The van der Waals surface area contributed by atoms with Crippen LogP contribution in [-0.4, -0.2) is 39.4 Å². The second kappa shape index (κ2) is 10.4. The van der Waals surface area contributed by atoms with Crippen LogP contribution in [0.5, 0.6) is 0 Å². The van der Waals surface area contributed by atoms with E-state index in [1.807, 2.05) is 6.07 Å². The molecule has 3 rings (SSSR count). The van der Waals surface area contributed by atoms with Crippen molar-refractivity contribution in [1.82, 2.24) is 15.4 Å². The number of hydrogen-bond donors (Lipinski definition) is 3. The lowest BCUT2D eigenvalue weighted by atomic mass is 10.1. The average Bonchev–Trinajstić information content (AvgIpc) is 3.25. The fourth-order valence-corrected chi connectivity index (χ4v) is 4.73. The minimum atomic E-state index is -3.49. The van der Waals surface area contributed by atoms with Gasteiger partial charge >= 0.3 is 0 Å². The minimum absolute atomic E-state index is 0.0345.